The maximum absolute atomic E-state index is 11.7. The first-order chi connectivity index (χ1) is 9.90. The highest BCUT2D eigenvalue weighted by Crippen LogP contribution is 2.13. The zero-order valence-corrected chi connectivity index (χ0v) is 14.7. The van der Waals surface area contributed by atoms with Gasteiger partial charge in [-0.25, -0.2) is 12.7 Å². The lowest BCUT2D eigenvalue weighted by molar-refractivity contribution is 0.0499. The average molecular weight is 321 g/mol. The summed E-state index contributed by atoms with van der Waals surface area (Å²) in [6.45, 7) is 7.92. The van der Waals surface area contributed by atoms with Gasteiger partial charge in [0.1, 0.15) is 0 Å². The second-order valence-corrected chi connectivity index (χ2v) is 8.15. The number of ether oxygens (including phenoxy) is 1. The van der Waals surface area contributed by atoms with E-state index < -0.39 is 10.0 Å². The molecule has 0 N–H and O–H groups in total. The highest BCUT2D eigenvalue weighted by Gasteiger charge is 2.25. The Hall–Kier alpha value is -0.210. The molecule has 0 aromatic heterocycles. The van der Waals surface area contributed by atoms with Crippen molar-refractivity contribution in [2.75, 3.05) is 66.3 Å². The molecule has 1 heterocycles. The quantitative estimate of drug-likeness (QED) is 0.612. The highest BCUT2D eigenvalue weighted by atomic mass is 32.2. The molecule has 0 unspecified atom stereocenters. The standard InChI is InChI=1S/C14H31N3O3S/c1-5-14-13-16(8-9-17(14)10-11-20-4)7-6-12-21(18,19)15(2)3/h14H,5-13H2,1-4H3/t14-/m0/s1. The van der Waals surface area contributed by atoms with Crippen molar-refractivity contribution in [1.82, 2.24) is 14.1 Å². The van der Waals surface area contributed by atoms with Gasteiger partial charge in [-0.05, 0) is 19.4 Å². The van der Waals surface area contributed by atoms with Crippen LogP contribution in [0.25, 0.3) is 0 Å². The fourth-order valence-electron chi connectivity index (χ4n) is 2.70. The van der Waals surface area contributed by atoms with Gasteiger partial charge >= 0.3 is 0 Å². The number of hydrogen-bond donors (Lipinski definition) is 0. The van der Waals surface area contributed by atoms with Gasteiger partial charge in [0.25, 0.3) is 0 Å². The summed E-state index contributed by atoms with van der Waals surface area (Å²) in [5.41, 5.74) is 0. The minimum Gasteiger partial charge on any atom is -0.383 e. The molecule has 0 saturated carbocycles. The van der Waals surface area contributed by atoms with Crippen molar-refractivity contribution in [3.05, 3.63) is 0 Å². The van der Waals surface area contributed by atoms with Crippen LogP contribution >= 0.6 is 0 Å². The predicted molar refractivity (Wildman–Crippen MR) is 86.1 cm³/mol. The molecular weight excluding hydrogens is 290 g/mol. The fourth-order valence-corrected chi connectivity index (χ4v) is 3.56. The molecule has 126 valence electrons. The third-order valence-corrected chi connectivity index (χ3v) is 6.09. The molecule has 0 aromatic carbocycles. The van der Waals surface area contributed by atoms with Crippen molar-refractivity contribution in [1.29, 1.82) is 0 Å². The lowest BCUT2D eigenvalue weighted by Crippen LogP contribution is -2.53. The molecular formula is C14H31N3O3S. The smallest absolute Gasteiger partial charge is 0.213 e. The van der Waals surface area contributed by atoms with E-state index in [4.69, 9.17) is 4.74 Å². The van der Waals surface area contributed by atoms with Gasteiger partial charge in [0, 0.05) is 53.4 Å². The van der Waals surface area contributed by atoms with Crippen molar-refractivity contribution < 1.29 is 13.2 Å². The summed E-state index contributed by atoms with van der Waals surface area (Å²) in [6, 6.07) is 0.555. The number of methoxy groups -OCH3 is 1. The number of hydrogen-bond acceptors (Lipinski definition) is 5. The van der Waals surface area contributed by atoms with E-state index in [0.29, 0.717) is 12.5 Å². The lowest BCUT2D eigenvalue weighted by Gasteiger charge is -2.41. The van der Waals surface area contributed by atoms with E-state index in [1.54, 1.807) is 21.2 Å². The van der Waals surface area contributed by atoms with Crippen LogP contribution in [0.15, 0.2) is 0 Å². The van der Waals surface area contributed by atoms with Crippen molar-refractivity contribution in [3.63, 3.8) is 0 Å². The molecule has 0 spiro atoms. The van der Waals surface area contributed by atoms with E-state index >= 15 is 0 Å². The summed E-state index contributed by atoms with van der Waals surface area (Å²) in [5.74, 6) is 0.237. The van der Waals surface area contributed by atoms with Crippen molar-refractivity contribution in [2.45, 2.75) is 25.8 Å². The van der Waals surface area contributed by atoms with Crippen LogP contribution in [0.5, 0.6) is 0 Å². The monoisotopic (exact) mass is 321 g/mol. The molecule has 21 heavy (non-hydrogen) atoms. The van der Waals surface area contributed by atoms with E-state index in [2.05, 4.69) is 16.7 Å². The maximum Gasteiger partial charge on any atom is 0.213 e. The first kappa shape index (κ1) is 18.8. The molecule has 1 aliphatic heterocycles. The molecule has 7 heteroatoms. The summed E-state index contributed by atoms with van der Waals surface area (Å²) in [7, 11) is 1.87. The van der Waals surface area contributed by atoms with Crippen LogP contribution in [0, 0.1) is 0 Å². The van der Waals surface area contributed by atoms with Crippen molar-refractivity contribution >= 4 is 10.0 Å². The fraction of sp³-hybridized carbons (Fsp3) is 1.00. The third-order valence-electron chi connectivity index (χ3n) is 4.18. The zero-order chi connectivity index (χ0) is 15.9. The maximum atomic E-state index is 11.7. The van der Waals surface area contributed by atoms with E-state index in [-0.39, 0.29) is 5.75 Å². The van der Waals surface area contributed by atoms with Crippen LogP contribution in [0.4, 0.5) is 0 Å². The predicted octanol–water partition coefficient (Wildman–Crippen LogP) is 0.311. The third kappa shape index (κ3) is 6.20. The Morgan fingerprint density at radius 1 is 1.24 bits per heavy atom. The number of nitrogens with zero attached hydrogens (tertiary/aromatic N) is 3. The Balaban J connectivity index is 2.36. The van der Waals surface area contributed by atoms with E-state index in [1.807, 2.05) is 0 Å². The summed E-state index contributed by atoms with van der Waals surface area (Å²) < 4.78 is 30.0. The minimum absolute atomic E-state index is 0.237. The molecule has 1 aliphatic rings. The van der Waals surface area contributed by atoms with Gasteiger partial charge in [-0.2, -0.15) is 0 Å². The van der Waals surface area contributed by atoms with Crippen LogP contribution in [0.3, 0.4) is 0 Å². The molecule has 1 rings (SSSR count). The first-order valence-electron chi connectivity index (χ1n) is 7.76. The van der Waals surface area contributed by atoms with Crippen LogP contribution in [0.2, 0.25) is 0 Å². The Morgan fingerprint density at radius 3 is 2.52 bits per heavy atom. The van der Waals surface area contributed by atoms with E-state index in [1.165, 1.54) is 4.31 Å². The van der Waals surface area contributed by atoms with Crippen LogP contribution in [-0.2, 0) is 14.8 Å². The van der Waals surface area contributed by atoms with Crippen LogP contribution < -0.4 is 0 Å². The van der Waals surface area contributed by atoms with Crippen LogP contribution in [0.1, 0.15) is 19.8 Å². The van der Waals surface area contributed by atoms with Gasteiger partial charge in [0.15, 0.2) is 0 Å². The summed E-state index contributed by atoms with van der Waals surface area (Å²) in [5, 5.41) is 0. The van der Waals surface area contributed by atoms with Gasteiger partial charge in [-0.1, -0.05) is 6.92 Å². The highest BCUT2D eigenvalue weighted by molar-refractivity contribution is 7.89. The molecule has 0 amide bonds. The largest absolute Gasteiger partial charge is 0.383 e. The Bertz CT molecular complexity index is 387. The molecule has 1 saturated heterocycles. The molecule has 0 aromatic rings. The Morgan fingerprint density at radius 2 is 1.95 bits per heavy atom. The number of piperazine rings is 1. The van der Waals surface area contributed by atoms with Crippen LogP contribution in [-0.4, -0.2) is 94.9 Å². The van der Waals surface area contributed by atoms with E-state index in [9.17, 15) is 8.42 Å². The first-order valence-corrected chi connectivity index (χ1v) is 9.37. The number of rotatable bonds is 9. The summed E-state index contributed by atoms with van der Waals surface area (Å²) >= 11 is 0. The van der Waals surface area contributed by atoms with Gasteiger partial charge in [0.05, 0.1) is 12.4 Å². The van der Waals surface area contributed by atoms with Gasteiger partial charge in [-0.15, -0.1) is 0 Å². The van der Waals surface area contributed by atoms with E-state index in [0.717, 1.165) is 45.8 Å². The van der Waals surface area contributed by atoms with Gasteiger partial charge in [-0.3, -0.25) is 4.90 Å². The Kier molecular flexibility index (Phi) is 8.12. The average Bonchev–Trinajstić information content (AvgIpc) is 2.45. The van der Waals surface area contributed by atoms with Gasteiger partial charge < -0.3 is 9.64 Å². The molecule has 6 nitrogen and oxygen atoms in total. The Labute approximate surface area is 130 Å². The summed E-state index contributed by atoms with van der Waals surface area (Å²) in [6.07, 6.45) is 1.82. The second-order valence-electron chi connectivity index (χ2n) is 5.84. The lowest BCUT2D eigenvalue weighted by atomic mass is 10.1. The molecule has 0 radical (unpaired) electrons. The molecule has 1 atom stereocenters. The molecule has 1 fully saturated rings. The normalized spacial score (nSPS) is 22.0. The second kappa shape index (κ2) is 9.05. The van der Waals surface area contributed by atoms with Crippen molar-refractivity contribution in [2.24, 2.45) is 0 Å². The molecule has 0 aliphatic carbocycles. The molecule has 0 bridgehead atoms. The number of sulfonamides is 1. The zero-order valence-electron chi connectivity index (χ0n) is 13.9. The summed E-state index contributed by atoms with van der Waals surface area (Å²) in [4.78, 5) is 4.87. The topological polar surface area (TPSA) is 53.1 Å². The van der Waals surface area contributed by atoms with Gasteiger partial charge in [0.2, 0.25) is 10.0 Å². The minimum atomic E-state index is -3.06. The van der Waals surface area contributed by atoms with Crippen molar-refractivity contribution in [3.8, 4) is 0 Å². The SMILES string of the molecule is CC[C@H]1CN(CCCS(=O)(=O)N(C)C)CCN1CCOC.